The molecule has 4 rings (SSSR count). The molecule has 2 aliphatic carbocycles. The molecule has 7 heteroatoms. The molecule has 0 saturated heterocycles. The quantitative estimate of drug-likeness (QED) is 0.459. The maximum absolute atomic E-state index is 12.5. The third kappa shape index (κ3) is 6.21. The van der Waals surface area contributed by atoms with Crippen LogP contribution in [-0.2, 0) is 14.3 Å². The van der Waals surface area contributed by atoms with Gasteiger partial charge in [-0.25, -0.2) is 4.79 Å². The number of carbonyl (C=O) groups excluding carboxylic acids is 2. The van der Waals surface area contributed by atoms with Crippen LogP contribution in [0.5, 0.6) is 0 Å². The fourth-order valence-electron chi connectivity index (χ4n) is 5.26. The van der Waals surface area contributed by atoms with E-state index in [9.17, 15) is 14.4 Å². The molecule has 0 aromatic heterocycles. The third-order valence-corrected chi connectivity index (χ3v) is 7.26. The summed E-state index contributed by atoms with van der Waals surface area (Å²) in [5, 5.41) is 14.7. The van der Waals surface area contributed by atoms with Gasteiger partial charge in [-0.1, -0.05) is 55.5 Å². The number of fused-ring (bicyclic) bond motifs is 3. The van der Waals surface area contributed by atoms with Crippen LogP contribution in [0.25, 0.3) is 11.1 Å². The van der Waals surface area contributed by atoms with Crippen molar-refractivity contribution in [3.8, 4) is 11.1 Å². The van der Waals surface area contributed by atoms with Crippen molar-refractivity contribution >= 4 is 18.0 Å². The van der Waals surface area contributed by atoms with E-state index < -0.39 is 12.1 Å². The summed E-state index contributed by atoms with van der Waals surface area (Å²) in [6.07, 6.45) is 3.16. The number of aliphatic carboxylic acids is 1. The van der Waals surface area contributed by atoms with Crippen LogP contribution >= 0.6 is 0 Å². The number of hydrogen-bond donors (Lipinski definition) is 3. The van der Waals surface area contributed by atoms with Crippen molar-refractivity contribution in [2.24, 2.45) is 11.8 Å². The van der Waals surface area contributed by atoms with Crippen LogP contribution in [0, 0.1) is 11.8 Å². The highest BCUT2D eigenvalue weighted by molar-refractivity contribution is 5.80. The summed E-state index contributed by atoms with van der Waals surface area (Å²) in [4.78, 5) is 35.7. The molecule has 186 valence electrons. The average Bonchev–Trinajstić information content (AvgIpc) is 3.44. The lowest BCUT2D eigenvalue weighted by molar-refractivity contribution is -0.137. The summed E-state index contributed by atoms with van der Waals surface area (Å²) in [7, 11) is 0. The predicted octanol–water partition coefficient (Wildman–Crippen LogP) is 4.70. The second kappa shape index (κ2) is 11.4. The summed E-state index contributed by atoms with van der Waals surface area (Å²) in [5.41, 5.74) is 4.74. The van der Waals surface area contributed by atoms with E-state index in [1.807, 2.05) is 31.2 Å². The Bertz CT molecular complexity index is 1020. The summed E-state index contributed by atoms with van der Waals surface area (Å²) >= 11 is 0. The number of amides is 2. The van der Waals surface area contributed by atoms with Gasteiger partial charge < -0.3 is 20.5 Å². The highest BCUT2D eigenvalue weighted by Gasteiger charge is 2.32. The Morgan fingerprint density at radius 3 is 2.31 bits per heavy atom. The smallest absolute Gasteiger partial charge is 0.407 e. The SMILES string of the molecule is CC(CCNC(=O)[C@@H]1CC[C@H](NC(=O)OCC2c3ccccc3-c3ccccc32)C1)CCC(=O)O. The molecule has 0 radical (unpaired) electrons. The molecule has 2 aliphatic rings. The maximum Gasteiger partial charge on any atom is 0.407 e. The van der Waals surface area contributed by atoms with E-state index in [1.54, 1.807) is 0 Å². The van der Waals surface area contributed by atoms with Gasteiger partial charge in [-0.2, -0.15) is 0 Å². The minimum atomic E-state index is -0.790. The number of ether oxygens (including phenoxy) is 1. The molecule has 0 heterocycles. The van der Waals surface area contributed by atoms with Crippen LogP contribution in [0.3, 0.4) is 0 Å². The van der Waals surface area contributed by atoms with E-state index in [0.29, 0.717) is 19.4 Å². The van der Waals surface area contributed by atoms with E-state index >= 15 is 0 Å². The molecule has 0 aliphatic heterocycles. The van der Waals surface area contributed by atoms with Gasteiger partial charge in [0.1, 0.15) is 6.61 Å². The lowest BCUT2D eigenvalue weighted by Crippen LogP contribution is -2.36. The van der Waals surface area contributed by atoms with E-state index in [1.165, 1.54) is 22.3 Å². The van der Waals surface area contributed by atoms with Crippen molar-refractivity contribution < 1.29 is 24.2 Å². The minimum absolute atomic E-state index is 0.00673. The number of nitrogens with one attached hydrogen (secondary N) is 2. The first-order valence-electron chi connectivity index (χ1n) is 12.5. The summed E-state index contributed by atoms with van der Waals surface area (Å²) < 4.78 is 5.64. The second-order valence-electron chi connectivity index (χ2n) is 9.79. The van der Waals surface area contributed by atoms with Gasteiger partial charge in [0.25, 0.3) is 0 Å². The summed E-state index contributed by atoms with van der Waals surface area (Å²) in [6.45, 7) is 2.82. The minimum Gasteiger partial charge on any atom is -0.481 e. The fraction of sp³-hybridized carbons (Fsp3) is 0.464. The first-order chi connectivity index (χ1) is 16.9. The zero-order valence-corrected chi connectivity index (χ0v) is 20.2. The maximum atomic E-state index is 12.5. The standard InChI is InChI=1S/C28H34N2O5/c1-18(10-13-26(31)32)14-15-29-27(33)19-11-12-20(16-19)30-28(34)35-17-25-23-8-4-2-6-21(23)22-7-3-5-9-24(22)25/h2-9,18-20,25H,10-17H2,1H3,(H,29,33)(H,30,34)(H,31,32)/t18?,19-,20+/m1/s1. The van der Waals surface area contributed by atoms with E-state index in [-0.39, 0.29) is 42.7 Å². The molecule has 2 aromatic rings. The molecular formula is C28H34N2O5. The van der Waals surface area contributed by atoms with Gasteiger partial charge in [0.05, 0.1) is 0 Å². The number of carbonyl (C=O) groups is 3. The molecule has 1 unspecified atom stereocenters. The zero-order valence-electron chi connectivity index (χ0n) is 20.2. The number of carboxylic acid groups (broad SMARTS) is 1. The Kier molecular flexibility index (Phi) is 8.06. The Labute approximate surface area is 206 Å². The van der Waals surface area contributed by atoms with Crippen molar-refractivity contribution in [2.45, 2.75) is 57.4 Å². The molecular weight excluding hydrogens is 444 g/mol. The van der Waals surface area contributed by atoms with Crippen molar-refractivity contribution in [3.05, 3.63) is 59.7 Å². The predicted molar refractivity (Wildman–Crippen MR) is 133 cm³/mol. The molecule has 1 fully saturated rings. The Morgan fingerprint density at radius 2 is 1.66 bits per heavy atom. The van der Waals surface area contributed by atoms with Crippen molar-refractivity contribution in [1.29, 1.82) is 0 Å². The highest BCUT2D eigenvalue weighted by Crippen LogP contribution is 2.44. The van der Waals surface area contributed by atoms with Gasteiger partial charge in [0.15, 0.2) is 0 Å². The van der Waals surface area contributed by atoms with Crippen LogP contribution < -0.4 is 10.6 Å². The van der Waals surface area contributed by atoms with Gasteiger partial charge in [-0.3, -0.25) is 9.59 Å². The number of rotatable bonds is 10. The van der Waals surface area contributed by atoms with Gasteiger partial charge in [0, 0.05) is 30.8 Å². The van der Waals surface area contributed by atoms with Crippen LogP contribution in [0.15, 0.2) is 48.5 Å². The Balaban J connectivity index is 1.20. The van der Waals surface area contributed by atoms with E-state index in [4.69, 9.17) is 9.84 Å². The van der Waals surface area contributed by atoms with Crippen LogP contribution in [0.1, 0.15) is 62.5 Å². The van der Waals surface area contributed by atoms with E-state index in [0.717, 1.165) is 19.3 Å². The van der Waals surface area contributed by atoms with Gasteiger partial charge in [0.2, 0.25) is 5.91 Å². The molecule has 2 amide bonds. The Morgan fingerprint density at radius 1 is 1.00 bits per heavy atom. The van der Waals surface area contributed by atoms with Crippen molar-refractivity contribution in [1.82, 2.24) is 10.6 Å². The summed E-state index contributed by atoms with van der Waals surface area (Å²) in [5.74, 6) is -0.636. The molecule has 3 N–H and O–H groups in total. The van der Waals surface area contributed by atoms with Crippen LogP contribution in [-0.4, -0.2) is 42.3 Å². The lowest BCUT2D eigenvalue weighted by Gasteiger charge is -2.17. The largest absolute Gasteiger partial charge is 0.481 e. The topological polar surface area (TPSA) is 105 Å². The molecule has 0 bridgehead atoms. The number of hydrogen-bond acceptors (Lipinski definition) is 4. The Hall–Kier alpha value is -3.35. The molecule has 7 nitrogen and oxygen atoms in total. The van der Waals surface area contributed by atoms with Gasteiger partial charge in [-0.05, 0) is 60.3 Å². The third-order valence-electron chi connectivity index (χ3n) is 7.26. The molecule has 1 saturated carbocycles. The van der Waals surface area contributed by atoms with Gasteiger partial charge in [-0.15, -0.1) is 0 Å². The molecule has 2 aromatic carbocycles. The lowest BCUT2D eigenvalue weighted by atomic mass is 9.98. The van der Waals surface area contributed by atoms with Crippen molar-refractivity contribution in [3.63, 3.8) is 0 Å². The van der Waals surface area contributed by atoms with E-state index in [2.05, 4.69) is 34.9 Å². The zero-order chi connectivity index (χ0) is 24.8. The van der Waals surface area contributed by atoms with Crippen molar-refractivity contribution in [2.75, 3.05) is 13.2 Å². The molecule has 35 heavy (non-hydrogen) atoms. The first-order valence-corrected chi connectivity index (χ1v) is 12.5. The number of carboxylic acids is 1. The first kappa shape index (κ1) is 24.8. The monoisotopic (exact) mass is 478 g/mol. The molecule has 0 spiro atoms. The van der Waals surface area contributed by atoms with Crippen LogP contribution in [0.4, 0.5) is 4.79 Å². The fourth-order valence-corrected chi connectivity index (χ4v) is 5.26. The molecule has 3 atom stereocenters. The number of alkyl carbamates (subject to hydrolysis) is 1. The summed E-state index contributed by atoms with van der Waals surface area (Å²) in [6, 6.07) is 16.4. The average molecular weight is 479 g/mol. The second-order valence-corrected chi connectivity index (χ2v) is 9.79. The highest BCUT2D eigenvalue weighted by atomic mass is 16.5. The number of benzene rings is 2. The van der Waals surface area contributed by atoms with Crippen LogP contribution in [0.2, 0.25) is 0 Å². The normalized spacial score (nSPS) is 19.5. The van der Waals surface area contributed by atoms with Gasteiger partial charge >= 0.3 is 12.1 Å².